The van der Waals surface area contributed by atoms with Crippen LogP contribution in [0.5, 0.6) is 0 Å². The zero-order valence-electron chi connectivity index (χ0n) is 11.8. The van der Waals surface area contributed by atoms with Gasteiger partial charge in [0.25, 0.3) is 5.91 Å². The number of aliphatic hydroxyl groups is 1. The Morgan fingerprint density at radius 1 is 1.05 bits per heavy atom. The maximum atomic E-state index is 12.4. The van der Waals surface area contributed by atoms with Crippen molar-refractivity contribution in [2.24, 2.45) is 0 Å². The minimum atomic E-state index is -0.823. The second-order valence-electron chi connectivity index (χ2n) is 5.43. The van der Waals surface area contributed by atoms with Gasteiger partial charge in [-0.15, -0.1) is 0 Å². The SMILES string of the molecule is O=C(c1ccncc1)N1CCC(O)(c2ccccc2)CC1. The monoisotopic (exact) mass is 282 g/mol. The highest BCUT2D eigenvalue weighted by molar-refractivity contribution is 5.94. The Morgan fingerprint density at radius 3 is 2.29 bits per heavy atom. The zero-order valence-corrected chi connectivity index (χ0v) is 11.8. The van der Waals surface area contributed by atoms with Crippen LogP contribution in [0.4, 0.5) is 0 Å². The summed E-state index contributed by atoms with van der Waals surface area (Å²) in [4.78, 5) is 18.1. The lowest BCUT2D eigenvalue weighted by Gasteiger charge is -2.38. The van der Waals surface area contributed by atoms with Crippen LogP contribution in [0.3, 0.4) is 0 Å². The van der Waals surface area contributed by atoms with Gasteiger partial charge in [-0.2, -0.15) is 0 Å². The number of piperidine rings is 1. The fraction of sp³-hybridized carbons (Fsp3) is 0.294. The number of benzene rings is 1. The minimum Gasteiger partial charge on any atom is -0.385 e. The molecule has 0 saturated carbocycles. The summed E-state index contributed by atoms with van der Waals surface area (Å²) in [6.45, 7) is 1.12. The second kappa shape index (κ2) is 5.66. The van der Waals surface area contributed by atoms with Crippen LogP contribution in [-0.4, -0.2) is 34.0 Å². The van der Waals surface area contributed by atoms with Crippen molar-refractivity contribution in [1.82, 2.24) is 9.88 Å². The molecule has 3 rings (SSSR count). The third-order valence-corrected chi connectivity index (χ3v) is 4.12. The molecule has 0 bridgehead atoms. The highest BCUT2D eigenvalue weighted by Gasteiger charge is 2.35. The van der Waals surface area contributed by atoms with E-state index in [1.54, 1.807) is 29.4 Å². The van der Waals surface area contributed by atoms with E-state index in [0.717, 1.165) is 5.56 Å². The number of likely N-dealkylation sites (tertiary alicyclic amines) is 1. The van der Waals surface area contributed by atoms with Gasteiger partial charge in [0.2, 0.25) is 0 Å². The molecule has 2 aromatic rings. The largest absolute Gasteiger partial charge is 0.385 e. The van der Waals surface area contributed by atoms with Crippen LogP contribution < -0.4 is 0 Å². The lowest BCUT2D eigenvalue weighted by atomic mass is 9.84. The summed E-state index contributed by atoms with van der Waals surface area (Å²) in [7, 11) is 0. The van der Waals surface area contributed by atoms with Gasteiger partial charge in [-0.3, -0.25) is 9.78 Å². The van der Waals surface area contributed by atoms with E-state index in [1.165, 1.54) is 0 Å². The van der Waals surface area contributed by atoms with Crippen LogP contribution in [0, 0.1) is 0 Å². The number of carbonyl (C=O) groups excluding carboxylic acids is 1. The van der Waals surface area contributed by atoms with E-state index in [-0.39, 0.29) is 5.91 Å². The molecule has 1 aliphatic heterocycles. The molecule has 1 amide bonds. The molecule has 1 aliphatic rings. The molecule has 0 unspecified atom stereocenters. The average molecular weight is 282 g/mol. The third-order valence-electron chi connectivity index (χ3n) is 4.12. The fourth-order valence-electron chi connectivity index (χ4n) is 2.79. The molecule has 1 N–H and O–H groups in total. The molecule has 21 heavy (non-hydrogen) atoms. The Morgan fingerprint density at radius 2 is 1.67 bits per heavy atom. The number of carbonyl (C=O) groups is 1. The van der Waals surface area contributed by atoms with Crippen molar-refractivity contribution in [2.45, 2.75) is 18.4 Å². The van der Waals surface area contributed by atoms with Gasteiger partial charge in [0.15, 0.2) is 0 Å². The molecule has 0 spiro atoms. The Labute approximate surface area is 124 Å². The zero-order chi connectivity index (χ0) is 14.7. The maximum absolute atomic E-state index is 12.4. The molecule has 4 nitrogen and oxygen atoms in total. The van der Waals surface area contributed by atoms with Crippen molar-refractivity contribution in [3.05, 3.63) is 66.0 Å². The number of hydrogen-bond donors (Lipinski definition) is 1. The number of pyridine rings is 1. The predicted octanol–water partition coefficient (Wildman–Crippen LogP) is 2.21. The van der Waals surface area contributed by atoms with E-state index in [9.17, 15) is 9.90 Å². The van der Waals surface area contributed by atoms with Gasteiger partial charge in [-0.1, -0.05) is 30.3 Å². The van der Waals surface area contributed by atoms with Crippen LogP contribution in [-0.2, 0) is 5.60 Å². The van der Waals surface area contributed by atoms with Crippen molar-refractivity contribution >= 4 is 5.91 Å². The number of hydrogen-bond acceptors (Lipinski definition) is 3. The molecule has 2 heterocycles. The summed E-state index contributed by atoms with van der Waals surface area (Å²) in [6, 6.07) is 13.1. The molecule has 108 valence electrons. The maximum Gasteiger partial charge on any atom is 0.253 e. The van der Waals surface area contributed by atoms with Crippen LogP contribution in [0.15, 0.2) is 54.9 Å². The predicted molar refractivity (Wildman–Crippen MR) is 79.7 cm³/mol. The number of aromatic nitrogens is 1. The van der Waals surface area contributed by atoms with E-state index >= 15 is 0 Å². The Kier molecular flexibility index (Phi) is 3.71. The minimum absolute atomic E-state index is 0.00696. The van der Waals surface area contributed by atoms with E-state index in [4.69, 9.17) is 0 Å². The highest BCUT2D eigenvalue weighted by atomic mass is 16.3. The van der Waals surface area contributed by atoms with E-state index in [2.05, 4.69) is 4.98 Å². The number of nitrogens with zero attached hydrogens (tertiary/aromatic N) is 2. The topological polar surface area (TPSA) is 53.4 Å². The van der Waals surface area contributed by atoms with Crippen molar-refractivity contribution in [3.8, 4) is 0 Å². The van der Waals surface area contributed by atoms with Crippen LogP contribution >= 0.6 is 0 Å². The molecular weight excluding hydrogens is 264 g/mol. The highest BCUT2D eigenvalue weighted by Crippen LogP contribution is 2.32. The molecule has 1 aromatic carbocycles. The van der Waals surface area contributed by atoms with Gasteiger partial charge in [0.1, 0.15) is 0 Å². The van der Waals surface area contributed by atoms with Crippen LogP contribution in [0.25, 0.3) is 0 Å². The van der Waals surface area contributed by atoms with Crippen molar-refractivity contribution in [3.63, 3.8) is 0 Å². The molecule has 4 heteroatoms. The molecule has 1 saturated heterocycles. The fourth-order valence-corrected chi connectivity index (χ4v) is 2.79. The number of amides is 1. The standard InChI is InChI=1S/C17H18N2O2/c20-16(14-6-10-18-11-7-14)19-12-8-17(21,9-13-19)15-4-2-1-3-5-15/h1-7,10-11,21H,8-9,12-13H2. The Balaban J connectivity index is 1.69. The van der Waals surface area contributed by atoms with Crippen molar-refractivity contribution in [2.75, 3.05) is 13.1 Å². The lowest BCUT2D eigenvalue weighted by molar-refractivity contribution is -0.0211. The average Bonchev–Trinajstić information content (AvgIpc) is 2.57. The molecule has 0 radical (unpaired) electrons. The van der Waals surface area contributed by atoms with Crippen molar-refractivity contribution < 1.29 is 9.90 Å². The van der Waals surface area contributed by atoms with Gasteiger partial charge in [0.05, 0.1) is 5.60 Å². The first kappa shape index (κ1) is 13.8. The first-order valence-electron chi connectivity index (χ1n) is 7.16. The molecule has 0 atom stereocenters. The Hall–Kier alpha value is -2.20. The normalized spacial score (nSPS) is 17.5. The smallest absolute Gasteiger partial charge is 0.253 e. The van der Waals surface area contributed by atoms with E-state index < -0.39 is 5.60 Å². The first-order valence-corrected chi connectivity index (χ1v) is 7.16. The van der Waals surface area contributed by atoms with Crippen LogP contribution in [0.1, 0.15) is 28.8 Å². The van der Waals surface area contributed by atoms with E-state index in [0.29, 0.717) is 31.5 Å². The Bertz CT molecular complexity index is 605. The lowest BCUT2D eigenvalue weighted by Crippen LogP contribution is -2.45. The second-order valence-corrected chi connectivity index (χ2v) is 5.43. The quantitative estimate of drug-likeness (QED) is 0.918. The van der Waals surface area contributed by atoms with Gasteiger partial charge < -0.3 is 10.0 Å². The summed E-state index contributed by atoms with van der Waals surface area (Å²) in [5, 5.41) is 10.8. The van der Waals surface area contributed by atoms with Gasteiger partial charge >= 0.3 is 0 Å². The molecule has 1 aromatic heterocycles. The van der Waals surface area contributed by atoms with Gasteiger partial charge in [-0.25, -0.2) is 0 Å². The summed E-state index contributed by atoms with van der Waals surface area (Å²) in [6.07, 6.45) is 4.37. The molecule has 1 fully saturated rings. The van der Waals surface area contributed by atoms with Gasteiger partial charge in [-0.05, 0) is 30.5 Å². The first-order chi connectivity index (χ1) is 10.2. The summed E-state index contributed by atoms with van der Waals surface area (Å²) < 4.78 is 0. The molecule has 0 aliphatic carbocycles. The molecular formula is C17H18N2O2. The summed E-state index contributed by atoms with van der Waals surface area (Å²) in [5.41, 5.74) is 0.757. The summed E-state index contributed by atoms with van der Waals surface area (Å²) in [5.74, 6) is 0.00696. The van der Waals surface area contributed by atoms with Crippen molar-refractivity contribution in [1.29, 1.82) is 0 Å². The van der Waals surface area contributed by atoms with Gasteiger partial charge in [0, 0.05) is 31.0 Å². The van der Waals surface area contributed by atoms with Crippen LogP contribution in [0.2, 0.25) is 0 Å². The number of rotatable bonds is 2. The summed E-state index contributed by atoms with van der Waals surface area (Å²) >= 11 is 0. The van der Waals surface area contributed by atoms with E-state index in [1.807, 2.05) is 30.3 Å². The third kappa shape index (κ3) is 2.81.